The maximum absolute atomic E-state index is 8.63. The lowest BCUT2D eigenvalue weighted by molar-refractivity contribution is -0.890. The number of unbranched alkanes of at least 4 members (excludes halogenated alkanes) is 10. The molecule has 0 saturated heterocycles. The Morgan fingerprint density at radius 1 is 0.708 bits per heavy atom. The Kier molecular flexibility index (Phi) is 17.7. The van der Waals surface area contributed by atoms with Crippen LogP contribution in [0.25, 0.3) is 0 Å². The molecule has 0 spiro atoms. The molecule has 0 saturated carbocycles. The van der Waals surface area contributed by atoms with Crippen LogP contribution in [0.1, 0.15) is 90.9 Å². The molecular formula is C18H41NO4S. The third-order valence-corrected chi connectivity index (χ3v) is 4.23. The molecule has 0 rings (SSSR count). The van der Waals surface area contributed by atoms with Crippen LogP contribution in [0.5, 0.6) is 0 Å². The van der Waals surface area contributed by atoms with E-state index in [2.05, 4.69) is 27.9 Å². The number of hydrogen-bond acceptors (Lipinski definition) is 3. The molecule has 0 heterocycles. The van der Waals surface area contributed by atoms with E-state index in [-0.39, 0.29) is 0 Å². The Balaban J connectivity index is 0. The lowest BCUT2D eigenvalue weighted by Crippen LogP contribution is -2.41. The minimum atomic E-state index is -4.92. The van der Waals surface area contributed by atoms with E-state index in [0.717, 1.165) is 0 Å². The standard InChI is InChI=1S/C18H40N.H2O4S/c1-5-7-9-11-13-15-17-19(3,4)18-16-14-12-10-8-6-2;1-5(2,3)4/h5-18H2,1-4H3;(H2,1,2,3,4)/q+1;/p-1. The average molecular weight is 368 g/mol. The summed E-state index contributed by atoms with van der Waals surface area (Å²) in [4.78, 5) is 0. The second-order valence-corrected chi connectivity index (χ2v) is 8.20. The molecule has 0 bridgehead atoms. The number of rotatable bonds is 14. The van der Waals surface area contributed by atoms with E-state index in [1.54, 1.807) is 0 Å². The Morgan fingerprint density at radius 3 is 1.25 bits per heavy atom. The van der Waals surface area contributed by atoms with Crippen LogP contribution in [-0.4, -0.2) is 49.2 Å². The molecule has 6 heteroatoms. The summed E-state index contributed by atoms with van der Waals surface area (Å²) >= 11 is 0. The van der Waals surface area contributed by atoms with Crippen LogP contribution in [0.4, 0.5) is 0 Å². The van der Waals surface area contributed by atoms with Crippen LogP contribution < -0.4 is 0 Å². The van der Waals surface area contributed by atoms with Gasteiger partial charge in [-0.2, -0.15) is 0 Å². The summed E-state index contributed by atoms with van der Waals surface area (Å²) in [7, 11) is -0.0871. The zero-order valence-electron chi connectivity index (χ0n) is 16.4. The van der Waals surface area contributed by atoms with E-state index in [1.807, 2.05) is 0 Å². The fourth-order valence-corrected chi connectivity index (χ4v) is 2.75. The lowest BCUT2D eigenvalue weighted by Gasteiger charge is -2.30. The van der Waals surface area contributed by atoms with Gasteiger partial charge in [-0.1, -0.05) is 65.2 Å². The van der Waals surface area contributed by atoms with Crippen LogP contribution in [0.3, 0.4) is 0 Å². The number of nitrogens with zero attached hydrogens (tertiary/aromatic N) is 1. The quantitative estimate of drug-likeness (QED) is 0.207. The molecule has 148 valence electrons. The Labute approximate surface area is 151 Å². The Morgan fingerprint density at radius 2 is 0.958 bits per heavy atom. The minimum absolute atomic E-state index is 1.24. The molecule has 0 aromatic heterocycles. The summed E-state index contributed by atoms with van der Waals surface area (Å²) in [6.07, 6.45) is 17.1. The zero-order valence-corrected chi connectivity index (χ0v) is 17.2. The topological polar surface area (TPSA) is 77.4 Å². The van der Waals surface area contributed by atoms with Crippen molar-refractivity contribution in [2.75, 3.05) is 27.2 Å². The van der Waals surface area contributed by atoms with Crippen molar-refractivity contribution in [2.45, 2.75) is 90.9 Å². The highest BCUT2D eigenvalue weighted by Crippen LogP contribution is 2.11. The molecule has 0 amide bonds. The van der Waals surface area contributed by atoms with Crippen molar-refractivity contribution >= 4 is 10.4 Å². The average Bonchev–Trinajstić information content (AvgIpc) is 2.44. The number of hydrogen-bond donors (Lipinski definition) is 1. The van der Waals surface area contributed by atoms with Gasteiger partial charge in [0.1, 0.15) is 0 Å². The monoisotopic (exact) mass is 367 g/mol. The van der Waals surface area contributed by atoms with Gasteiger partial charge < -0.3 is 9.04 Å². The molecule has 0 radical (unpaired) electrons. The van der Waals surface area contributed by atoms with Gasteiger partial charge in [0.2, 0.25) is 10.4 Å². The van der Waals surface area contributed by atoms with Crippen LogP contribution in [0.2, 0.25) is 0 Å². The zero-order chi connectivity index (χ0) is 18.9. The number of quaternary nitrogens is 1. The van der Waals surface area contributed by atoms with Gasteiger partial charge in [-0.05, 0) is 25.7 Å². The minimum Gasteiger partial charge on any atom is -0.726 e. The largest absolute Gasteiger partial charge is 0.726 e. The molecule has 0 unspecified atom stereocenters. The van der Waals surface area contributed by atoms with E-state index in [0.29, 0.717) is 0 Å². The summed E-state index contributed by atoms with van der Waals surface area (Å²) in [6, 6.07) is 0. The van der Waals surface area contributed by atoms with Crippen molar-refractivity contribution < 1.29 is 22.0 Å². The molecule has 1 N–H and O–H groups in total. The van der Waals surface area contributed by atoms with Crippen LogP contribution in [-0.2, 0) is 10.4 Å². The third kappa shape index (κ3) is 29.8. The maximum Gasteiger partial charge on any atom is 0.215 e. The van der Waals surface area contributed by atoms with Crippen LogP contribution in [0.15, 0.2) is 0 Å². The second kappa shape index (κ2) is 16.3. The summed E-state index contributed by atoms with van der Waals surface area (Å²) in [5, 5.41) is 0. The summed E-state index contributed by atoms with van der Waals surface area (Å²) < 4.78 is 34.1. The van der Waals surface area contributed by atoms with Crippen LogP contribution in [0, 0.1) is 0 Å². The molecule has 24 heavy (non-hydrogen) atoms. The summed E-state index contributed by atoms with van der Waals surface area (Å²) in [5.74, 6) is 0. The molecule has 0 aromatic carbocycles. The van der Waals surface area contributed by atoms with Crippen LogP contribution >= 0.6 is 0 Å². The van der Waals surface area contributed by atoms with Gasteiger partial charge in [-0.15, -0.1) is 0 Å². The molecule has 0 aliphatic heterocycles. The van der Waals surface area contributed by atoms with Crippen molar-refractivity contribution in [3.05, 3.63) is 0 Å². The second-order valence-electron chi connectivity index (χ2n) is 7.35. The highest BCUT2D eigenvalue weighted by Gasteiger charge is 2.13. The molecular weight excluding hydrogens is 326 g/mol. The van der Waals surface area contributed by atoms with E-state index in [9.17, 15) is 0 Å². The molecule has 0 fully saturated rings. The van der Waals surface area contributed by atoms with Crippen molar-refractivity contribution in [2.24, 2.45) is 0 Å². The van der Waals surface area contributed by atoms with Crippen molar-refractivity contribution in [1.82, 2.24) is 0 Å². The van der Waals surface area contributed by atoms with Gasteiger partial charge in [-0.25, -0.2) is 8.42 Å². The SMILES string of the molecule is CCCCCCCC[N+](C)(C)CCCCCCCC.O=S(=O)([O-])O. The van der Waals surface area contributed by atoms with E-state index in [4.69, 9.17) is 17.5 Å². The normalized spacial score (nSPS) is 11.9. The van der Waals surface area contributed by atoms with Gasteiger partial charge in [0, 0.05) is 0 Å². The Bertz CT molecular complexity index is 330. The predicted molar refractivity (Wildman–Crippen MR) is 101 cm³/mol. The smallest absolute Gasteiger partial charge is 0.215 e. The van der Waals surface area contributed by atoms with Gasteiger partial charge in [0.25, 0.3) is 0 Å². The molecule has 0 atom stereocenters. The van der Waals surface area contributed by atoms with Crippen molar-refractivity contribution in [3.8, 4) is 0 Å². The summed E-state index contributed by atoms with van der Waals surface area (Å²) in [6.45, 7) is 7.34. The van der Waals surface area contributed by atoms with E-state index in [1.165, 1.54) is 94.6 Å². The van der Waals surface area contributed by atoms with Gasteiger partial charge in [0.05, 0.1) is 27.2 Å². The molecule has 0 aliphatic carbocycles. The lowest BCUT2D eigenvalue weighted by atomic mass is 10.1. The third-order valence-electron chi connectivity index (χ3n) is 4.23. The first-order chi connectivity index (χ1) is 11.1. The van der Waals surface area contributed by atoms with E-state index < -0.39 is 10.4 Å². The van der Waals surface area contributed by atoms with Gasteiger partial charge in [-0.3, -0.25) is 4.55 Å². The molecule has 0 aliphatic rings. The van der Waals surface area contributed by atoms with E-state index >= 15 is 0 Å². The molecule has 0 aromatic rings. The highest BCUT2D eigenvalue weighted by molar-refractivity contribution is 7.79. The fraction of sp³-hybridized carbons (Fsp3) is 1.00. The Hall–Kier alpha value is -0.170. The van der Waals surface area contributed by atoms with Crippen molar-refractivity contribution in [1.29, 1.82) is 0 Å². The van der Waals surface area contributed by atoms with Crippen molar-refractivity contribution in [3.63, 3.8) is 0 Å². The van der Waals surface area contributed by atoms with Gasteiger partial charge >= 0.3 is 0 Å². The molecule has 5 nitrogen and oxygen atoms in total. The predicted octanol–water partition coefficient (Wildman–Crippen LogP) is 4.79. The maximum atomic E-state index is 8.63. The van der Waals surface area contributed by atoms with Gasteiger partial charge in [0.15, 0.2) is 0 Å². The first-order valence-electron chi connectivity index (χ1n) is 9.62. The first-order valence-corrected chi connectivity index (χ1v) is 11.0. The summed E-state index contributed by atoms with van der Waals surface area (Å²) in [5.41, 5.74) is 0. The highest BCUT2D eigenvalue weighted by atomic mass is 32.3. The first kappa shape index (κ1) is 26.1. The fourth-order valence-electron chi connectivity index (χ4n) is 2.75.